The van der Waals surface area contributed by atoms with E-state index in [1.807, 2.05) is 31.2 Å². The number of hydrogen-bond acceptors (Lipinski definition) is 4. The van der Waals surface area contributed by atoms with Crippen molar-refractivity contribution in [2.75, 3.05) is 0 Å². The third kappa shape index (κ3) is 2.98. The molecule has 0 unspecified atom stereocenters. The van der Waals surface area contributed by atoms with Crippen molar-refractivity contribution in [3.63, 3.8) is 0 Å². The second-order valence-electron chi connectivity index (χ2n) is 4.47. The van der Waals surface area contributed by atoms with Crippen molar-refractivity contribution in [2.24, 2.45) is 0 Å². The van der Waals surface area contributed by atoms with Gasteiger partial charge in [0.15, 0.2) is 5.78 Å². The second-order valence-corrected chi connectivity index (χ2v) is 4.47. The maximum Gasteiger partial charge on any atom is 0.193 e. The van der Waals surface area contributed by atoms with Crippen molar-refractivity contribution in [1.82, 2.24) is 0 Å². The lowest BCUT2D eigenvalue weighted by Crippen LogP contribution is -1.95. The average molecular weight is 270 g/mol. The maximum absolute atomic E-state index is 11.9. The summed E-state index contributed by atoms with van der Waals surface area (Å²) in [6.45, 7) is 1.96. The van der Waals surface area contributed by atoms with Crippen molar-refractivity contribution in [1.29, 1.82) is 0 Å². The zero-order chi connectivity index (χ0) is 14.7. The van der Waals surface area contributed by atoms with Crippen LogP contribution in [0.5, 0.6) is 17.2 Å². The minimum atomic E-state index is -0.541. The molecule has 2 rings (SSSR count). The van der Waals surface area contributed by atoms with E-state index in [4.69, 9.17) is 0 Å². The van der Waals surface area contributed by atoms with Crippen LogP contribution in [-0.4, -0.2) is 21.1 Å². The number of phenolic OH excluding ortho intramolecular Hbond substituents is 3. The molecule has 0 amide bonds. The largest absolute Gasteiger partial charge is 0.508 e. The van der Waals surface area contributed by atoms with Crippen molar-refractivity contribution in [2.45, 2.75) is 6.92 Å². The molecule has 3 N–H and O–H groups in total. The third-order valence-electron chi connectivity index (χ3n) is 2.83. The van der Waals surface area contributed by atoms with Crippen molar-refractivity contribution in [3.8, 4) is 17.2 Å². The Balaban J connectivity index is 2.26. The van der Waals surface area contributed by atoms with Gasteiger partial charge in [-0.05, 0) is 18.6 Å². The summed E-state index contributed by atoms with van der Waals surface area (Å²) in [7, 11) is 0. The van der Waals surface area contributed by atoms with Crippen molar-refractivity contribution in [3.05, 3.63) is 59.2 Å². The zero-order valence-corrected chi connectivity index (χ0v) is 10.9. The van der Waals surface area contributed by atoms with E-state index in [-0.39, 0.29) is 11.3 Å². The Morgan fingerprint density at radius 2 is 1.55 bits per heavy atom. The summed E-state index contributed by atoms with van der Waals surface area (Å²) in [6.07, 6.45) is 2.85. The van der Waals surface area contributed by atoms with E-state index in [1.165, 1.54) is 6.08 Å². The molecule has 0 atom stereocenters. The van der Waals surface area contributed by atoms with Gasteiger partial charge >= 0.3 is 0 Å². The number of hydrogen-bond donors (Lipinski definition) is 3. The topological polar surface area (TPSA) is 77.8 Å². The number of carbonyl (C=O) groups excluding carboxylic acids is 1. The number of benzene rings is 2. The predicted molar refractivity (Wildman–Crippen MR) is 76.0 cm³/mol. The summed E-state index contributed by atoms with van der Waals surface area (Å²) in [5.74, 6) is -1.76. The molecule has 20 heavy (non-hydrogen) atoms. The van der Waals surface area contributed by atoms with Crippen LogP contribution in [0.15, 0.2) is 42.5 Å². The highest BCUT2D eigenvalue weighted by atomic mass is 16.3. The fourth-order valence-corrected chi connectivity index (χ4v) is 1.78. The van der Waals surface area contributed by atoms with Gasteiger partial charge in [0.05, 0.1) is 0 Å². The highest BCUT2D eigenvalue weighted by Gasteiger charge is 2.15. The number of ketones is 1. The molecule has 0 bridgehead atoms. The van der Waals surface area contributed by atoms with Crippen LogP contribution < -0.4 is 0 Å². The van der Waals surface area contributed by atoms with Gasteiger partial charge in [-0.25, -0.2) is 0 Å². The van der Waals surface area contributed by atoms with Gasteiger partial charge in [0.25, 0.3) is 0 Å². The Morgan fingerprint density at radius 3 is 2.10 bits per heavy atom. The number of rotatable bonds is 3. The Labute approximate surface area is 116 Å². The first-order valence-corrected chi connectivity index (χ1v) is 6.01. The molecule has 0 saturated carbocycles. The lowest BCUT2D eigenvalue weighted by Gasteiger charge is -2.04. The zero-order valence-electron chi connectivity index (χ0n) is 10.9. The monoisotopic (exact) mass is 270 g/mol. The van der Waals surface area contributed by atoms with Crippen LogP contribution in [0.2, 0.25) is 0 Å². The number of aryl methyl sites for hydroxylation is 1. The van der Waals surface area contributed by atoms with E-state index in [0.29, 0.717) is 0 Å². The van der Waals surface area contributed by atoms with Crippen molar-refractivity contribution < 1.29 is 20.1 Å². The minimum absolute atomic E-state index is 0.230. The van der Waals surface area contributed by atoms with Gasteiger partial charge in [-0.1, -0.05) is 35.9 Å². The summed E-state index contributed by atoms with van der Waals surface area (Å²) < 4.78 is 0. The predicted octanol–water partition coefficient (Wildman–Crippen LogP) is 3.01. The van der Waals surface area contributed by atoms with Crippen LogP contribution in [0, 0.1) is 6.92 Å². The average Bonchev–Trinajstić information content (AvgIpc) is 2.37. The molecule has 0 radical (unpaired) electrons. The molecule has 0 aliphatic heterocycles. The van der Waals surface area contributed by atoms with Gasteiger partial charge in [-0.3, -0.25) is 4.79 Å². The second kappa shape index (κ2) is 5.48. The Morgan fingerprint density at radius 1 is 1.00 bits per heavy atom. The van der Waals surface area contributed by atoms with Gasteiger partial charge in [0.1, 0.15) is 22.8 Å². The van der Waals surface area contributed by atoms with E-state index in [1.54, 1.807) is 6.08 Å². The summed E-state index contributed by atoms with van der Waals surface area (Å²) >= 11 is 0. The Bertz CT molecular complexity index is 646. The molecule has 102 valence electrons. The number of allylic oxidation sites excluding steroid dienone is 1. The molecule has 0 saturated heterocycles. The fraction of sp³-hybridized carbons (Fsp3) is 0.0625. The Hall–Kier alpha value is -2.75. The van der Waals surface area contributed by atoms with Crippen LogP contribution in [-0.2, 0) is 0 Å². The van der Waals surface area contributed by atoms with E-state index in [2.05, 4.69) is 0 Å². The van der Waals surface area contributed by atoms with E-state index in [9.17, 15) is 20.1 Å². The van der Waals surface area contributed by atoms with E-state index < -0.39 is 17.3 Å². The highest BCUT2D eigenvalue weighted by Crippen LogP contribution is 2.32. The van der Waals surface area contributed by atoms with Crippen LogP contribution >= 0.6 is 0 Å². The molecule has 0 heterocycles. The first-order chi connectivity index (χ1) is 9.47. The van der Waals surface area contributed by atoms with Gasteiger partial charge < -0.3 is 15.3 Å². The van der Waals surface area contributed by atoms with Crippen LogP contribution in [0.4, 0.5) is 0 Å². The number of phenols is 3. The summed E-state index contributed by atoms with van der Waals surface area (Å²) in [5, 5.41) is 28.4. The first-order valence-electron chi connectivity index (χ1n) is 6.01. The molecule has 2 aromatic rings. The van der Waals surface area contributed by atoms with Gasteiger partial charge in [-0.2, -0.15) is 0 Å². The molecule has 0 aliphatic rings. The van der Waals surface area contributed by atoms with Gasteiger partial charge in [0, 0.05) is 12.1 Å². The smallest absolute Gasteiger partial charge is 0.193 e. The van der Waals surface area contributed by atoms with E-state index in [0.717, 1.165) is 23.3 Å². The summed E-state index contributed by atoms with van der Waals surface area (Å²) in [4.78, 5) is 11.9. The van der Waals surface area contributed by atoms with Crippen LogP contribution in [0.25, 0.3) is 6.08 Å². The van der Waals surface area contributed by atoms with Crippen LogP contribution in [0.3, 0.4) is 0 Å². The summed E-state index contributed by atoms with van der Waals surface area (Å²) in [5.41, 5.74) is 1.72. The SMILES string of the molecule is Cc1ccc(/C=C/C(=O)c2c(O)cc(O)cc2O)cc1. The standard InChI is InChI=1S/C16H14O4/c1-10-2-4-11(5-3-10)6-7-13(18)16-14(19)8-12(17)9-15(16)20/h2-9,17,19-20H,1H3/b7-6+. The normalized spacial score (nSPS) is 10.8. The third-order valence-corrected chi connectivity index (χ3v) is 2.83. The van der Waals surface area contributed by atoms with Crippen molar-refractivity contribution >= 4 is 11.9 Å². The highest BCUT2D eigenvalue weighted by molar-refractivity contribution is 6.10. The van der Waals surface area contributed by atoms with Crippen LogP contribution in [0.1, 0.15) is 21.5 Å². The molecule has 0 aromatic heterocycles. The molecule has 0 aliphatic carbocycles. The molecular weight excluding hydrogens is 256 g/mol. The molecule has 2 aromatic carbocycles. The molecule has 4 heteroatoms. The fourth-order valence-electron chi connectivity index (χ4n) is 1.78. The van der Waals surface area contributed by atoms with Gasteiger partial charge in [0.2, 0.25) is 0 Å². The number of carbonyl (C=O) groups is 1. The summed E-state index contributed by atoms with van der Waals surface area (Å²) in [6, 6.07) is 9.56. The quantitative estimate of drug-likeness (QED) is 0.592. The maximum atomic E-state index is 11.9. The Kier molecular flexibility index (Phi) is 3.75. The molecule has 0 fully saturated rings. The lowest BCUT2D eigenvalue weighted by molar-refractivity contribution is 0.104. The molecular formula is C16H14O4. The van der Waals surface area contributed by atoms with E-state index >= 15 is 0 Å². The molecule has 4 nitrogen and oxygen atoms in total. The number of aromatic hydroxyl groups is 3. The minimum Gasteiger partial charge on any atom is -0.508 e. The lowest BCUT2D eigenvalue weighted by atomic mass is 10.1. The molecule has 0 spiro atoms. The first kappa shape index (κ1) is 13.7. The van der Waals surface area contributed by atoms with Gasteiger partial charge in [-0.15, -0.1) is 0 Å².